The number of amides is 1. The number of carbonyl (C=O) groups is 1. The number of carbonyl (C=O) groups excluding carboxylic acids is 1. The summed E-state index contributed by atoms with van der Waals surface area (Å²) in [5.74, 6) is 1.30. The lowest BCUT2D eigenvalue weighted by molar-refractivity contribution is -0.127. The van der Waals surface area contributed by atoms with Gasteiger partial charge < -0.3 is 9.84 Å². The number of hydrogen-bond acceptors (Lipinski definition) is 5. The Morgan fingerprint density at radius 3 is 2.71 bits per heavy atom. The fraction of sp³-hybridized carbons (Fsp3) is 0.400. The molecule has 0 saturated carbocycles. The zero-order chi connectivity index (χ0) is 21.6. The van der Waals surface area contributed by atoms with E-state index in [2.05, 4.69) is 58.5 Å². The minimum atomic E-state index is -0.0234. The average molecular weight is 419 g/mol. The first-order chi connectivity index (χ1) is 15.1. The predicted octanol–water partition coefficient (Wildman–Crippen LogP) is 4.52. The van der Waals surface area contributed by atoms with Gasteiger partial charge in [-0.2, -0.15) is 4.98 Å². The number of piperidine rings is 1. The second-order valence-corrected chi connectivity index (χ2v) is 8.33. The molecule has 6 heteroatoms. The quantitative estimate of drug-likeness (QED) is 0.611. The van der Waals surface area contributed by atoms with Crippen LogP contribution in [0.3, 0.4) is 0 Å². The van der Waals surface area contributed by atoms with Gasteiger partial charge in [0, 0.05) is 12.1 Å². The predicted molar refractivity (Wildman–Crippen MR) is 120 cm³/mol. The number of rotatable bonds is 7. The molecule has 162 valence electrons. The second-order valence-electron chi connectivity index (χ2n) is 8.33. The van der Waals surface area contributed by atoms with Crippen molar-refractivity contribution < 1.29 is 9.32 Å². The van der Waals surface area contributed by atoms with Crippen LogP contribution in [0.5, 0.6) is 0 Å². The molecule has 0 aliphatic carbocycles. The van der Waals surface area contributed by atoms with E-state index < -0.39 is 0 Å². The Bertz CT molecular complexity index is 984. The van der Waals surface area contributed by atoms with Gasteiger partial charge in [0.2, 0.25) is 17.6 Å². The van der Waals surface area contributed by atoms with Crippen LogP contribution < -0.4 is 5.32 Å². The Morgan fingerprint density at radius 2 is 1.97 bits per heavy atom. The van der Waals surface area contributed by atoms with E-state index >= 15 is 0 Å². The molecular weight excluding hydrogens is 388 g/mol. The van der Waals surface area contributed by atoms with Crippen LogP contribution in [0.25, 0.3) is 11.4 Å². The van der Waals surface area contributed by atoms with Crippen molar-refractivity contribution in [2.75, 3.05) is 13.1 Å². The molecule has 1 fully saturated rings. The molecule has 6 nitrogen and oxygen atoms in total. The summed E-state index contributed by atoms with van der Waals surface area (Å²) in [5.41, 5.74) is 3.33. The Hall–Kier alpha value is -2.99. The van der Waals surface area contributed by atoms with E-state index in [0.29, 0.717) is 24.8 Å². The SMILES string of the molecule is CCC(NC(=O)C1CCCN(Cc2nc(-c3ccccc3)no2)C1)c1ccc(C)cc1. The van der Waals surface area contributed by atoms with Crippen molar-refractivity contribution in [3.8, 4) is 11.4 Å². The molecule has 2 heterocycles. The number of nitrogens with zero attached hydrogens (tertiary/aromatic N) is 3. The van der Waals surface area contributed by atoms with Crippen LogP contribution in [0, 0.1) is 12.8 Å². The molecule has 4 rings (SSSR count). The lowest BCUT2D eigenvalue weighted by Gasteiger charge is -2.32. The molecule has 1 aliphatic rings. The third kappa shape index (κ3) is 5.39. The average Bonchev–Trinajstić information content (AvgIpc) is 3.27. The highest BCUT2D eigenvalue weighted by Gasteiger charge is 2.28. The highest BCUT2D eigenvalue weighted by molar-refractivity contribution is 5.79. The summed E-state index contributed by atoms with van der Waals surface area (Å²) >= 11 is 0. The standard InChI is InChI=1S/C25H30N4O2/c1-3-22(19-13-11-18(2)12-14-19)26-25(30)21-10-7-15-29(16-21)17-23-27-24(28-31-23)20-8-5-4-6-9-20/h4-6,8-9,11-14,21-22H,3,7,10,15-17H2,1-2H3,(H,26,30). The van der Waals surface area contributed by atoms with E-state index in [4.69, 9.17) is 4.52 Å². The van der Waals surface area contributed by atoms with E-state index in [1.54, 1.807) is 0 Å². The maximum absolute atomic E-state index is 13.0. The summed E-state index contributed by atoms with van der Waals surface area (Å²) in [4.78, 5) is 19.8. The molecule has 0 spiro atoms. The van der Waals surface area contributed by atoms with Gasteiger partial charge >= 0.3 is 0 Å². The number of benzene rings is 2. The van der Waals surface area contributed by atoms with Gasteiger partial charge in [-0.05, 0) is 38.3 Å². The third-order valence-corrected chi connectivity index (χ3v) is 5.94. The maximum atomic E-state index is 13.0. The molecule has 31 heavy (non-hydrogen) atoms. The van der Waals surface area contributed by atoms with Gasteiger partial charge in [0.25, 0.3) is 0 Å². The Balaban J connectivity index is 1.35. The topological polar surface area (TPSA) is 71.3 Å². The second kappa shape index (κ2) is 9.88. The molecule has 1 N–H and O–H groups in total. The van der Waals surface area contributed by atoms with Gasteiger partial charge in [-0.3, -0.25) is 9.69 Å². The fourth-order valence-electron chi connectivity index (χ4n) is 4.14. The minimum absolute atomic E-state index is 0.0234. The highest BCUT2D eigenvalue weighted by Crippen LogP contribution is 2.23. The van der Waals surface area contributed by atoms with Crippen LogP contribution >= 0.6 is 0 Å². The molecule has 2 unspecified atom stereocenters. The van der Waals surface area contributed by atoms with Crippen LogP contribution in [0.15, 0.2) is 59.1 Å². The highest BCUT2D eigenvalue weighted by atomic mass is 16.5. The van der Waals surface area contributed by atoms with Crippen LogP contribution in [0.2, 0.25) is 0 Å². The number of hydrogen-bond donors (Lipinski definition) is 1. The smallest absolute Gasteiger partial charge is 0.241 e. The van der Waals surface area contributed by atoms with E-state index in [1.807, 2.05) is 30.3 Å². The summed E-state index contributed by atoms with van der Waals surface area (Å²) in [6, 6.07) is 18.3. The van der Waals surface area contributed by atoms with Gasteiger partial charge in [-0.25, -0.2) is 0 Å². The number of aromatic nitrogens is 2. The van der Waals surface area contributed by atoms with Gasteiger partial charge in [0.05, 0.1) is 18.5 Å². The summed E-state index contributed by atoms with van der Waals surface area (Å²) in [6.45, 7) is 6.39. The van der Waals surface area contributed by atoms with E-state index in [9.17, 15) is 4.79 Å². The number of nitrogens with one attached hydrogen (secondary N) is 1. The zero-order valence-electron chi connectivity index (χ0n) is 18.3. The summed E-state index contributed by atoms with van der Waals surface area (Å²) < 4.78 is 5.46. The van der Waals surface area contributed by atoms with E-state index in [0.717, 1.165) is 36.9 Å². The van der Waals surface area contributed by atoms with Crippen molar-refractivity contribution in [3.63, 3.8) is 0 Å². The molecule has 1 aromatic heterocycles. The lowest BCUT2D eigenvalue weighted by atomic mass is 9.95. The molecule has 1 aliphatic heterocycles. The Morgan fingerprint density at radius 1 is 1.19 bits per heavy atom. The zero-order valence-corrected chi connectivity index (χ0v) is 18.3. The lowest BCUT2D eigenvalue weighted by Crippen LogP contribution is -2.43. The minimum Gasteiger partial charge on any atom is -0.349 e. The molecule has 1 saturated heterocycles. The molecule has 1 amide bonds. The van der Waals surface area contributed by atoms with Gasteiger partial charge in [0.1, 0.15) is 0 Å². The summed E-state index contributed by atoms with van der Waals surface area (Å²) in [7, 11) is 0. The van der Waals surface area contributed by atoms with Crippen molar-refractivity contribution in [3.05, 3.63) is 71.6 Å². The largest absolute Gasteiger partial charge is 0.349 e. The molecule has 2 aromatic carbocycles. The fourth-order valence-corrected chi connectivity index (χ4v) is 4.14. The monoisotopic (exact) mass is 418 g/mol. The first kappa shape index (κ1) is 21.2. The number of likely N-dealkylation sites (tertiary alicyclic amines) is 1. The van der Waals surface area contributed by atoms with Crippen molar-refractivity contribution in [2.45, 2.75) is 45.7 Å². The normalized spacial score (nSPS) is 17.9. The van der Waals surface area contributed by atoms with Crippen LogP contribution in [-0.4, -0.2) is 34.0 Å². The summed E-state index contributed by atoms with van der Waals surface area (Å²) in [5, 5.41) is 7.37. The first-order valence-corrected chi connectivity index (χ1v) is 11.1. The first-order valence-electron chi connectivity index (χ1n) is 11.1. The van der Waals surface area contributed by atoms with Crippen LogP contribution in [0.1, 0.15) is 49.2 Å². The molecule has 0 bridgehead atoms. The van der Waals surface area contributed by atoms with Crippen molar-refractivity contribution in [1.29, 1.82) is 0 Å². The van der Waals surface area contributed by atoms with Crippen LogP contribution in [-0.2, 0) is 11.3 Å². The van der Waals surface area contributed by atoms with E-state index in [-0.39, 0.29) is 17.9 Å². The Kier molecular flexibility index (Phi) is 6.77. The van der Waals surface area contributed by atoms with Crippen LogP contribution in [0.4, 0.5) is 0 Å². The summed E-state index contributed by atoms with van der Waals surface area (Å²) in [6.07, 6.45) is 2.76. The van der Waals surface area contributed by atoms with Gasteiger partial charge in [-0.15, -0.1) is 0 Å². The van der Waals surface area contributed by atoms with Gasteiger partial charge in [0.15, 0.2) is 0 Å². The van der Waals surface area contributed by atoms with E-state index in [1.165, 1.54) is 5.56 Å². The molecule has 0 radical (unpaired) electrons. The van der Waals surface area contributed by atoms with Gasteiger partial charge in [-0.1, -0.05) is 72.2 Å². The van der Waals surface area contributed by atoms with Crippen molar-refractivity contribution >= 4 is 5.91 Å². The maximum Gasteiger partial charge on any atom is 0.241 e. The molecular formula is C25H30N4O2. The molecule has 3 aromatic rings. The number of aryl methyl sites for hydroxylation is 1. The Labute approximate surface area is 183 Å². The van der Waals surface area contributed by atoms with Crippen molar-refractivity contribution in [1.82, 2.24) is 20.4 Å². The third-order valence-electron chi connectivity index (χ3n) is 5.94. The molecule has 2 atom stereocenters. The van der Waals surface area contributed by atoms with Crippen molar-refractivity contribution in [2.24, 2.45) is 5.92 Å².